The third-order valence-electron chi connectivity index (χ3n) is 4.30. The van der Waals surface area contributed by atoms with Crippen LogP contribution in [0.1, 0.15) is 46.1 Å². The molecule has 4 nitrogen and oxygen atoms in total. The predicted octanol–water partition coefficient (Wildman–Crippen LogP) is 5.78. The molecule has 7 heteroatoms. The number of esters is 2. The number of hydrogen-bond acceptors (Lipinski definition) is 4. The van der Waals surface area contributed by atoms with Gasteiger partial charge in [-0.2, -0.15) is 24.1 Å². The Labute approximate surface area is 202 Å². The first-order chi connectivity index (χ1) is 13.7. The van der Waals surface area contributed by atoms with Crippen molar-refractivity contribution in [3.63, 3.8) is 0 Å². The van der Waals surface area contributed by atoms with Crippen LogP contribution in [0.15, 0.2) is 30.3 Å². The summed E-state index contributed by atoms with van der Waals surface area (Å²) in [5, 5.41) is -0.896. The van der Waals surface area contributed by atoms with Crippen LogP contribution in [0.25, 0.3) is 0 Å². The Kier molecular flexibility index (Phi) is 15.3. The van der Waals surface area contributed by atoms with Gasteiger partial charge in [-0.05, 0) is 5.41 Å². The molecule has 0 bridgehead atoms. The molecule has 1 aromatic rings. The summed E-state index contributed by atoms with van der Waals surface area (Å²) in [6.45, 7) is 18.2. The molecule has 0 amide bonds. The Hall–Kier alpha value is -1.18. The summed E-state index contributed by atoms with van der Waals surface area (Å²) in [7, 11) is 1.78. The first kappa shape index (κ1) is 32.0. The average Bonchev–Trinajstić information content (AvgIpc) is 2.65. The van der Waals surface area contributed by atoms with Crippen molar-refractivity contribution >= 4 is 27.3 Å². The topological polar surface area (TPSA) is 52.6 Å². The standard InChI is InChI=1S/C15H29BO4Si.C9H11.Co/c1-14(2,9-12(17)19-5)10-16-15(3,4)13(18)20-11-21(6,7)8;1-2-6-9-7-4-3-5-8-9;/h3,9-11H2,1-2,4-8H3;3-8H,2H2,1H3;/q2*-1;+2. The fraction of sp³-hybridized carbons (Fsp3) is 0.583. The Balaban J connectivity index is 0. The van der Waals surface area contributed by atoms with E-state index < -0.39 is 13.4 Å². The van der Waals surface area contributed by atoms with E-state index in [4.69, 9.17) is 4.74 Å². The largest absolute Gasteiger partial charge is 2.00 e. The van der Waals surface area contributed by atoms with Crippen LogP contribution in [-0.4, -0.2) is 40.6 Å². The monoisotopic (exact) mass is 490 g/mol. The van der Waals surface area contributed by atoms with Crippen molar-refractivity contribution in [2.24, 2.45) is 5.41 Å². The molecule has 31 heavy (non-hydrogen) atoms. The molecule has 1 aromatic carbocycles. The number of rotatable bonds is 10. The van der Waals surface area contributed by atoms with Gasteiger partial charge in [-0.25, -0.2) is 0 Å². The van der Waals surface area contributed by atoms with Crippen molar-refractivity contribution in [2.75, 3.05) is 13.3 Å². The van der Waals surface area contributed by atoms with Gasteiger partial charge in [0, 0.05) is 6.42 Å². The maximum atomic E-state index is 12.1. The van der Waals surface area contributed by atoms with Gasteiger partial charge >= 0.3 is 22.7 Å². The van der Waals surface area contributed by atoms with Crippen LogP contribution in [-0.2, 0) is 35.8 Å². The SMILES string of the molecule is CC[CH-]c1ccccc1.[CH2-]C(C)([B]CC(C)(C)CC(=O)OC)C(=O)OC[Si](C)(C)C.[Co+2]. The third kappa shape index (κ3) is 16.2. The number of hydrogen-bond donors (Lipinski definition) is 0. The van der Waals surface area contributed by atoms with Gasteiger partial charge in [0.1, 0.15) is 0 Å². The minimum atomic E-state index is -1.43. The van der Waals surface area contributed by atoms with Crippen LogP contribution in [0.5, 0.6) is 0 Å². The van der Waals surface area contributed by atoms with Crippen molar-refractivity contribution in [1.82, 2.24) is 0 Å². The minimum Gasteiger partial charge on any atom is -0.471 e. The minimum absolute atomic E-state index is 0. The number of ether oxygens (including phenoxy) is 2. The van der Waals surface area contributed by atoms with Crippen LogP contribution in [0.4, 0.5) is 0 Å². The van der Waals surface area contributed by atoms with Gasteiger partial charge in [-0.1, -0.05) is 71.5 Å². The van der Waals surface area contributed by atoms with Gasteiger partial charge < -0.3 is 16.4 Å². The maximum absolute atomic E-state index is 12.1. The number of carbonyl (C=O) groups is 2. The molecule has 0 aliphatic rings. The van der Waals surface area contributed by atoms with E-state index in [1.54, 1.807) is 6.92 Å². The van der Waals surface area contributed by atoms with Crippen molar-refractivity contribution in [3.8, 4) is 0 Å². The number of methoxy groups -OCH3 is 1. The molecule has 0 fully saturated rings. The first-order valence-corrected chi connectivity index (χ1v) is 14.2. The molecule has 0 saturated heterocycles. The number of carbonyl (C=O) groups excluding carboxylic acids is 2. The van der Waals surface area contributed by atoms with Crippen LogP contribution in [0, 0.1) is 18.8 Å². The van der Waals surface area contributed by atoms with Gasteiger partial charge in [-0.3, -0.25) is 9.59 Å². The molecular weight excluding hydrogens is 450 g/mol. The second kappa shape index (κ2) is 14.8. The Morgan fingerprint density at radius 1 is 1.13 bits per heavy atom. The van der Waals surface area contributed by atoms with E-state index in [1.165, 1.54) is 12.7 Å². The fourth-order valence-corrected chi connectivity index (χ4v) is 2.96. The van der Waals surface area contributed by atoms with E-state index in [1.807, 2.05) is 27.2 Å². The van der Waals surface area contributed by atoms with Crippen molar-refractivity contribution in [1.29, 1.82) is 0 Å². The zero-order valence-corrected chi connectivity index (χ0v) is 22.6. The zero-order valence-electron chi connectivity index (χ0n) is 20.5. The van der Waals surface area contributed by atoms with E-state index >= 15 is 0 Å². The van der Waals surface area contributed by atoms with Gasteiger partial charge in [0.05, 0.1) is 28.7 Å². The molecule has 0 heterocycles. The fourth-order valence-electron chi connectivity index (χ4n) is 2.39. The van der Waals surface area contributed by atoms with E-state index in [0.717, 1.165) is 6.42 Å². The third-order valence-corrected chi connectivity index (χ3v) is 5.31. The summed E-state index contributed by atoms with van der Waals surface area (Å²) in [4.78, 5) is 23.5. The molecule has 0 aliphatic heterocycles. The summed E-state index contributed by atoms with van der Waals surface area (Å²) >= 11 is 0. The molecule has 1 rings (SSSR count). The van der Waals surface area contributed by atoms with Gasteiger partial charge in [0.25, 0.3) is 5.97 Å². The van der Waals surface area contributed by atoms with Crippen LogP contribution in [0.3, 0.4) is 0 Å². The molecule has 0 N–H and O–H groups in total. The molecule has 176 valence electrons. The van der Waals surface area contributed by atoms with Gasteiger partial charge in [0.2, 0.25) is 0 Å². The Morgan fingerprint density at radius 3 is 2.13 bits per heavy atom. The van der Waals surface area contributed by atoms with Crippen molar-refractivity contribution in [3.05, 3.63) is 49.2 Å². The van der Waals surface area contributed by atoms with Crippen LogP contribution in [0.2, 0.25) is 31.3 Å². The van der Waals surface area contributed by atoms with E-state index in [-0.39, 0.29) is 34.1 Å². The summed E-state index contributed by atoms with van der Waals surface area (Å²) in [5.74, 6) is -0.556. The molecule has 1 unspecified atom stereocenters. The smallest absolute Gasteiger partial charge is 0.471 e. The van der Waals surface area contributed by atoms with Crippen LogP contribution < -0.4 is 0 Å². The Bertz CT molecular complexity index is 643. The summed E-state index contributed by atoms with van der Waals surface area (Å²) in [6, 6.07) is 10.4. The van der Waals surface area contributed by atoms with Crippen molar-refractivity contribution in [2.45, 2.75) is 71.8 Å². The second-order valence-electron chi connectivity index (χ2n) is 9.90. The summed E-state index contributed by atoms with van der Waals surface area (Å²) < 4.78 is 10.1. The van der Waals surface area contributed by atoms with Gasteiger partial charge in [-0.15, -0.1) is 12.1 Å². The molecule has 0 aromatic heterocycles. The quantitative estimate of drug-likeness (QED) is 0.237. The molecule has 0 aliphatic carbocycles. The summed E-state index contributed by atoms with van der Waals surface area (Å²) in [6.07, 6.45) is 4.71. The van der Waals surface area contributed by atoms with Gasteiger partial charge in [0.15, 0.2) is 0 Å². The van der Waals surface area contributed by atoms with E-state index in [2.05, 4.69) is 68.9 Å². The summed E-state index contributed by atoms with van der Waals surface area (Å²) in [5.41, 5.74) is 1.05. The maximum Gasteiger partial charge on any atom is 2.00 e. The second-order valence-corrected chi connectivity index (χ2v) is 15.3. The number of benzene rings is 1. The molecule has 2 radical (unpaired) electrons. The Morgan fingerprint density at radius 2 is 1.68 bits per heavy atom. The zero-order chi connectivity index (χ0) is 23.4. The van der Waals surface area contributed by atoms with E-state index in [0.29, 0.717) is 19.0 Å². The molecule has 0 spiro atoms. The molecular formula is C24H40BCoO4Si. The van der Waals surface area contributed by atoms with Crippen molar-refractivity contribution < 1.29 is 35.8 Å². The van der Waals surface area contributed by atoms with E-state index in [9.17, 15) is 9.59 Å². The normalized spacial score (nSPS) is 12.8. The predicted molar refractivity (Wildman–Crippen MR) is 129 cm³/mol. The average molecular weight is 490 g/mol. The van der Waals surface area contributed by atoms with Crippen LogP contribution >= 0.6 is 0 Å². The first-order valence-electron chi connectivity index (χ1n) is 10.5. The molecule has 0 saturated carbocycles. The molecule has 1 atom stereocenters.